The highest BCUT2D eigenvalue weighted by molar-refractivity contribution is 5.85. The van der Waals surface area contributed by atoms with Gasteiger partial charge in [-0.3, -0.25) is 4.79 Å². The summed E-state index contributed by atoms with van der Waals surface area (Å²) in [7, 11) is 1.68. The van der Waals surface area contributed by atoms with Crippen LogP contribution in [0.1, 0.15) is 36.8 Å². The van der Waals surface area contributed by atoms with Crippen molar-refractivity contribution in [2.24, 2.45) is 5.92 Å². The molecule has 1 amide bonds. The second kappa shape index (κ2) is 12.5. The molecule has 0 bridgehead atoms. The molecule has 0 aromatic heterocycles. The van der Waals surface area contributed by atoms with Gasteiger partial charge in [-0.15, -0.1) is 12.4 Å². The van der Waals surface area contributed by atoms with Gasteiger partial charge in [-0.25, -0.2) is 0 Å². The maximum absolute atomic E-state index is 13.0. The molecular formula is C24H33ClN2O2. The summed E-state index contributed by atoms with van der Waals surface area (Å²) < 4.78 is 5.23. The Morgan fingerprint density at radius 3 is 2.38 bits per heavy atom. The lowest BCUT2D eigenvalue weighted by atomic mass is 9.93. The summed E-state index contributed by atoms with van der Waals surface area (Å²) in [5.74, 6) is 1.82. The molecule has 1 aliphatic heterocycles. The summed E-state index contributed by atoms with van der Waals surface area (Å²) in [4.78, 5) is 15.0. The fourth-order valence-corrected chi connectivity index (χ4v) is 3.81. The lowest BCUT2D eigenvalue weighted by Crippen LogP contribution is -2.33. The maximum Gasteiger partial charge on any atom is 0.222 e. The smallest absolute Gasteiger partial charge is 0.222 e. The monoisotopic (exact) mass is 416 g/mol. The van der Waals surface area contributed by atoms with Crippen LogP contribution in [-0.4, -0.2) is 37.6 Å². The fourth-order valence-electron chi connectivity index (χ4n) is 3.81. The highest BCUT2D eigenvalue weighted by atomic mass is 35.5. The van der Waals surface area contributed by atoms with Crippen molar-refractivity contribution in [3.8, 4) is 5.75 Å². The third-order valence-corrected chi connectivity index (χ3v) is 5.62. The molecule has 3 rings (SSSR count). The average Bonchev–Trinajstić information content (AvgIpc) is 2.76. The topological polar surface area (TPSA) is 41.6 Å². The minimum Gasteiger partial charge on any atom is -0.497 e. The van der Waals surface area contributed by atoms with Crippen LogP contribution in [0.3, 0.4) is 0 Å². The average molecular weight is 417 g/mol. The highest BCUT2D eigenvalue weighted by Gasteiger charge is 2.18. The van der Waals surface area contributed by atoms with Gasteiger partial charge >= 0.3 is 0 Å². The molecule has 5 heteroatoms. The number of hydrogen-bond donors (Lipinski definition) is 1. The van der Waals surface area contributed by atoms with Gasteiger partial charge in [0, 0.05) is 19.5 Å². The van der Waals surface area contributed by atoms with E-state index in [0.717, 1.165) is 38.2 Å². The number of amides is 1. The third-order valence-electron chi connectivity index (χ3n) is 5.62. The third kappa shape index (κ3) is 7.71. The Hall–Kier alpha value is -2.04. The zero-order valence-corrected chi connectivity index (χ0v) is 18.1. The Bertz CT molecular complexity index is 715. The molecule has 0 atom stereocenters. The molecule has 0 aliphatic carbocycles. The standard InChI is InChI=1S/C24H32N2O2.ClH/c1-28-23-10-7-20(8-11-23)15-18-26(19-22-5-3-2-4-6-22)24(27)12-9-21-13-16-25-17-14-21;/h2-8,10-11,21,25H,9,12-19H2,1H3;1H. The van der Waals surface area contributed by atoms with E-state index in [1.807, 2.05) is 35.2 Å². The van der Waals surface area contributed by atoms with E-state index < -0.39 is 0 Å². The van der Waals surface area contributed by atoms with Crippen molar-refractivity contribution in [2.45, 2.75) is 38.6 Å². The zero-order valence-electron chi connectivity index (χ0n) is 17.3. The van der Waals surface area contributed by atoms with E-state index in [9.17, 15) is 4.79 Å². The maximum atomic E-state index is 13.0. The van der Waals surface area contributed by atoms with Gasteiger partial charge < -0.3 is 15.0 Å². The van der Waals surface area contributed by atoms with Crippen molar-refractivity contribution in [2.75, 3.05) is 26.7 Å². The first-order chi connectivity index (χ1) is 13.7. The van der Waals surface area contributed by atoms with Crippen molar-refractivity contribution in [3.05, 3.63) is 65.7 Å². The second-order valence-corrected chi connectivity index (χ2v) is 7.63. The van der Waals surface area contributed by atoms with Gasteiger partial charge in [-0.05, 0) is 68.0 Å². The molecule has 1 saturated heterocycles. The summed E-state index contributed by atoms with van der Waals surface area (Å²) in [6.07, 6.45) is 4.90. The molecule has 2 aromatic carbocycles. The van der Waals surface area contributed by atoms with Crippen LogP contribution in [0.25, 0.3) is 0 Å². The van der Waals surface area contributed by atoms with Gasteiger partial charge in [0.15, 0.2) is 0 Å². The van der Waals surface area contributed by atoms with Crippen LogP contribution in [0.4, 0.5) is 0 Å². The van der Waals surface area contributed by atoms with E-state index in [-0.39, 0.29) is 18.3 Å². The van der Waals surface area contributed by atoms with Gasteiger partial charge in [0.05, 0.1) is 7.11 Å². The van der Waals surface area contributed by atoms with E-state index in [0.29, 0.717) is 18.9 Å². The highest BCUT2D eigenvalue weighted by Crippen LogP contribution is 2.19. The largest absolute Gasteiger partial charge is 0.497 e. The summed E-state index contributed by atoms with van der Waals surface area (Å²) in [6, 6.07) is 18.4. The van der Waals surface area contributed by atoms with Crippen molar-refractivity contribution in [3.63, 3.8) is 0 Å². The molecule has 0 unspecified atom stereocenters. The first-order valence-electron chi connectivity index (χ1n) is 10.4. The predicted molar refractivity (Wildman–Crippen MR) is 121 cm³/mol. The number of carbonyl (C=O) groups excluding carboxylic acids is 1. The Morgan fingerprint density at radius 2 is 1.72 bits per heavy atom. The number of carbonyl (C=O) groups is 1. The number of halogens is 1. The van der Waals surface area contributed by atoms with Gasteiger partial charge in [0.25, 0.3) is 0 Å². The molecule has 0 saturated carbocycles. The van der Waals surface area contributed by atoms with Crippen molar-refractivity contribution >= 4 is 18.3 Å². The van der Waals surface area contributed by atoms with Crippen LogP contribution in [0.2, 0.25) is 0 Å². The minimum atomic E-state index is 0. The molecule has 29 heavy (non-hydrogen) atoms. The number of nitrogens with zero attached hydrogens (tertiary/aromatic N) is 1. The SMILES string of the molecule is COc1ccc(CCN(Cc2ccccc2)C(=O)CCC2CCNCC2)cc1.Cl. The van der Waals surface area contributed by atoms with E-state index in [2.05, 4.69) is 29.6 Å². The van der Waals surface area contributed by atoms with Crippen LogP contribution >= 0.6 is 12.4 Å². The van der Waals surface area contributed by atoms with Crippen LogP contribution in [0.5, 0.6) is 5.75 Å². The molecular weight excluding hydrogens is 384 g/mol. The van der Waals surface area contributed by atoms with Gasteiger partial charge in [0.1, 0.15) is 5.75 Å². The van der Waals surface area contributed by atoms with E-state index in [1.165, 1.54) is 24.0 Å². The lowest BCUT2D eigenvalue weighted by molar-refractivity contribution is -0.132. The molecule has 1 fully saturated rings. The molecule has 4 nitrogen and oxygen atoms in total. The second-order valence-electron chi connectivity index (χ2n) is 7.63. The van der Waals surface area contributed by atoms with Crippen LogP contribution in [0, 0.1) is 5.92 Å². The van der Waals surface area contributed by atoms with Gasteiger partial charge in [-0.1, -0.05) is 42.5 Å². The molecule has 0 radical (unpaired) electrons. The van der Waals surface area contributed by atoms with E-state index in [1.54, 1.807) is 7.11 Å². The predicted octanol–water partition coefficient (Wildman–Crippen LogP) is 4.47. The quantitative estimate of drug-likeness (QED) is 0.655. The van der Waals surface area contributed by atoms with E-state index in [4.69, 9.17) is 4.74 Å². The number of rotatable bonds is 9. The minimum absolute atomic E-state index is 0. The molecule has 1 aliphatic rings. The number of hydrogen-bond acceptors (Lipinski definition) is 3. The van der Waals surface area contributed by atoms with Crippen molar-refractivity contribution in [1.29, 1.82) is 0 Å². The lowest BCUT2D eigenvalue weighted by Gasteiger charge is -2.26. The number of ether oxygens (including phenoxy) is 1. The molecule has 2 aromatic rings. The molecule has 158 valence electrons. The number of piperidine rings is 1. The Morgan fingerprint density at radius 1 is 1.03 bits per heavy atom. The summed E-state index contributed by atoms with van der Waals surface area (Å²) in [6.45, 7) is 3.60. The number of benzene rings is 2. The number of methoxy groups -OCH3 is 1. The number of nitrogens with one attached hydrogen (secondary N) is 1. The van der Waals surface area contributed by atoms with Gasteiger partial charge in [0.2, 0.25) is 5.91 Å². The van der Waals surface area contributed by atoms with E-state index >= 15 is 0 Å². The zero-order chi connectivity index (χ0) is 19.6. The normalized spacial score (nSPS) is 14.1. The first kappa shape index (κ1) is 23.2. The van der Waals surface area contributed by atoms with Crippen LogP contribution < -0.4 is 10.1 Å². The Kier molecular flexibility index (Phi) is 10.0. The summed E-state index contributed by atoms with van der Waals surface area (Å²) >= 11 is 0. The van der Waals surface area contributed by atoms with Crippen molar-refractivity contribution in [1.82, 2.24) is 10.2 Å². The van der Waals surface area contributed by atoms with Crippen LogP contribution in [-0.2, 0) is 17.8 Å². The molecule has 1 N–H and O–H groups in total. The molecule has 0 spiro atoms. The Balaban J connectivity index is 0.00000300. The fraction of sp³-hybridized carbons (Fsp3) is 0.458. The Labute approximate surface area is 181 Å². The molecule has 1 heterocycles. The summed E-state index contributed by atoms with van der Waals surface area (Å²) in [5.41, 5.74) is 2.41. The summed E-state index contributed by atoms with van der Waals surface area (Å²) in [5, 5.41) is 3.40. The first-order valence-corrected chi connectivity index (χ1v) is 10.4. The van der Waals surface area contributed by atoms with Crippen LogP contribution in [0.15, 0.2) is 54.6 Å². The van der Waals surface area contributed by atoms with Gasteiger partial charge in [-0.2, -0.15) is 0 Å². The van der Waals surface area contributed by atoms with Crippen molar-refractivity contribution < 1.29 is 9.53 Å².